The average Bonchev–Trinajstić information content (AvgIpc) is 3.02. The van der Waals surface area contributed by atoms with E-state index in [4.69, 9.17) is 0 Å². The van der Waals surface area contributed by atoms with Crippen molar-refractivity contribution in [2.75, 3.05) is 6.61 Å². The molecule has 4 aliphatic rings. The van der Waals surface area contributed by atoms with E-state index in [1.165, 1.54) is 24.0 Å². The van der Waals surface area contributed by atoms with Crippen molar-refractivity contribution in [1.29, 1.82) is 0 Å². The number of allylic oxidation sites excluding steroid dienone is 3. The first kappa shape index (κ1) is 25.2. The minimum Gasteiger partial charge on any atom is -0.393 e. The summed E-state index contributed by atoms with van der Waals surface area (Å²) in [6.45, 7) is 16.3. The third kappa shape index (κ3) is 3.54. The summed E-state index contributed by atoms with van der Waals surface area (Å²) in [5.41, 5.74) is 3.66. The molecule has 2 N–H and O–H groups in total. The maximum atomic E-state index is 14.0. The number of Topliss-reactive ketones (excluding diaryl/α,β-unsaturated/α-hetero) is 1. The summed E-state index contributed by atoms with van der Waals surface area (Å²) in [4.78, 5) is 14.0. The molecule has 0 spiro atoms. The lowest BCUT2D eigenvalue weighted by Crippen LogP contribution is -2.57. The van der Waals surface area contributed by atoms with Gasteiger partial charge in [0, 0.05) is 12.0 Å². The first-order valence-corrected chi connectivity index (χ1v) is 13.5. The van der Waals surface area contributed by atoms with Gasteiger partial charge in [-0.1, -0.05) is 58.8 Å². The highest BCUT2D eigenvalue weighted by Crippen LogP contribution is 2.71. The van der Waals surface area contributed by atoms with Crippen LogP contribution in [0.25, 0.3) is 0 Å². The van der Waals surface area contributed by atoms with Crippen LogP contribution in [0.15, 0.2) is 22.8 Å². The first-order chi connectivity index (χ1) is 15.3. The van der Waals surface area contributed by atoms with Crippen LogP contribution in [0.2, 0.25) is 0 Å². The first-order valence-electron chi connectivity index (χ1n) is 13.5. The average molecular weight is 457 g/mol. The van der Waals surface area contributed by atoms with Crippen LogP contribution in [-0.4, -0.2) is 28.7 Å². The van der Waals surface area contributed by atoms with Gasteiger partial charge in [0.05, 0.1) is 12.7 Å². The Hall–Kier alpha value is -0.930. The zero-order valence-electron chi connectivity index (χ0n) is 22.3. The predicted molar refractivity (Wildman–Crippen MR) is 135 cm³/mol. The summed E-state index contributed by atoms with van der Waals surface area (Å²) < 4.78 is 0. The Labute approximate surface area is 202 Å². The molecule has 0 radical (unpaired) electrons. The zero-order valence-corrected chi connectivity index (χ0v) is 22.3. The highest BCUT2D eigenvalue weighted by atomic mass is 16.3. The van der Waals surface area contributed by atoms with E-state index >= 15 is 0 Å². The van der Waals surface area contributed by atoms with Crippen LogP contribution < -0.4 is 0 Å². The SMILES string of the molecule is C/C(=C\CC[C@@H](C)C1CC[C@]2(C)C3=C(C(=O)C[C@@]12C)[C@@]1(C)CC[C@H](O)C(C)(C)C1CC3)CO. The second kappa shape index (κ2) is 8.33. The van der Waals surface area contributed by atoms with Gasteiger partial charge in [-0.3, -0.25) is 4.79 Å². The molecule has 0 aliphatic heterocycles. The van der Waals surface area contributed by atoms with Crippen molar-refractivity contribution in [2.45, 2.75) is 112 Å². The number of ketones is 1. The maximum Gasteiger partial charge on any atom is 0.159 e. The van der Waals surface area contributed by atoms with Crippen molar-refractivity contribution in [3.05, 3.63) is 22.8 Å². The number of fused-ring (bicyclic) bond motifs is 4. The molecule has 0 bridgehead atoms. The molecule has 2 fully saturated rings. The lowest BCUT2D eigenvalue weighted by molar-refractivity contribution is -0.131. The smallest absolute Gasteiger partial charge is 0.159 e. The molecule has 0 heterocycles. The van der Waals surface area contributed by atoms with Crippen LogP contribution in [0.4, 0.5) is 0 Å². The normalized spacial score (nSPS) is 43.7. The number of hydrogen-bond donors (Lipinski definition) is 2. The van der Waals surface area contributed by atoms with Crippen molar-refractivity contribution in [3.8, 4) is 0 Å². The quantitative estimate of drug-likeness (QED) is 0.456. The van der Waals surface area contributed by atoms with Crippen LogP contribution in [0, 0.1) is 39.4 Å². The Morgan fingerprint density at radius 2 is 1.82 bits per heavy atom. The Bertz CT molecular complexity index is 866. The molecule has 4 aliphatic carbocycles. The summed E-state index contributed by atoms with van der Waals surface area (Å²) in [6, 6.07) is 0. The molecular formula is C30H48O3. The lowest BCUT2D eigenvalue weighted by atomic mass is 9.43. The van der Waals surface area contributed by atoms with E-state index in [-0.39, 0.29) is 34.4 Å². The van der Waals surface area contributed by atoms with Crippen LogP contribution in [0.1, 0.15) is 106 Å². The van der Waals surface area contributed by atoms with E-state index in [1.807, 2.05) is 6.92 Å². The van der Waals surface area contributed by atoms with Crippen LogP contribution >= 0.6 is 0 Å². The van der Waals surface area contributed by atoms with Gasteiger partial charge in [-0.05, 0) is 97.7 Å². The van der Waals surface area contributed by atoms with E-state index in [2.05, 4.69) is 47.6 Å². The van der Waals surface area contributed by atoms with E-state index in [0.29, 0.717) is 30.0 Å². The van der Waals surface area contributed by atoms with Crippen LogP contribution in [-0.2, 0) is 4.79 Å². The molecule has 3 heteroatoms. The zero-order chi connectivity index (χ0) is 24.4. The second-order valence-corrected chi connectivity index (χ2v) is 13.5. The van der Waals surface area contributed by atoms with Gasteiger partial charge in [-0.2, -0.15) is 0 Å². The fourth-order valence-corrected chi connectivity index (χ4v) is 9.29. The summed E-state index contributed by atoms with van der Waals surface area (Å²) in [5.74, 6) is 1.94. The van der Waals surface area contributed by atoms with Crippen LogP contribution in [0.3, 0.4) is 0 Å². The van der Waals surface area contributed by atoms with Crippen molar-refractivity contribution >= 4 is 5.78 Å². The molecule has 3 nitrogen and oxygen atoms in total. The third-order valence-corrected chi connectivity index (χ3v) is 11.6. The number of hydrogen-bond acceptors (Lipinski definition) is 3. The minimum atomic E-state index is -0.266. The molecule has 0 aromatic rings. The van der Waals surface area contributed by atoms with Gasteiger partial charge >= 0.3 is 0 Å². The topological polar surface area (TPSA) is 57.5 Å². The molecule has 2 saturated carbocycles. The van der Waals surface area contributed by atoms with E-state index in [0.717, 1.165) is 44.1 Å². The molecule has 0 aromatic heterocycles. The molecular weight excluding hydrogens is 408 g/mol. The maximum absolute atomic E-state index is 14.0. The third-order valence-electron chi connectivity index (χ3n) is 11.6. The molecule has 33 heavy (non-hydrogen) atoms. The second-order valence-electron chi connectivity index (χ2n) is 13.5. The van der Waals surface area contributed by atoms with Crippen molar-refractivity contribution in [1.82, 2.24) is 0 Å². The summed E-state index contributed by atoms with van der Waals surface area (Å²) in [7, 11) is 0. The largest absolute Gasteiger partial charge is 0.393 e. The number of aliphatic hydroxyl groups excluding tert-OH is 2. The monoisotopic (exact) mass is 456 g/mol. The van der Waals surface area contributed by atoms with Gasteiger partial charge in [0.25, 0.3) is 0 Å². The summed E-state index contributed by atoms with van der Waals surface area (Å²) in [6.07, 6.45) is 11.0. The predicted octanol–water partition coefficient (Wildman–Crippen LogP) is 6.63. The van der Waals surface area contributed by atoms with Gasteiger partial charge in [0.2, 0.25) is 0 Å². The number of rotatable bonds is 5. The Kier molecular flexibility index (Phi) is 6.35. The van der Waals surface area contributed by atoms with Gasteiger partial charge in [-0.25, -0.2) is 0 Å². The van der Waals surface area contributed by atoms with Gasteiger partial charge in [0.15, 0.2) is 5.78 Å². The van der Waals surface area contributed by atoms with E-state index < -0.39 is 0 Å². The van der Waals surface area contributed by atoms with Gasteiger partial charge in [0.1, 0.15) is 0 Å². The summed E-state index contributed by atoms with van der Waals surface area (Å²) >= 11 is 0. The molecule has 7 atom stereocenters. The molecule has 0 aromatic carbocycles. The van der Waals surface area contributed by atoms with Gasteiger partial charge in [-0.15, -0.1) is 0 Å². The minimum absolute atomic E-state index is 0.0327. The standard InChI is InChI=1S/C30H48O3/c1-19(18-31)9-8-10-20(2)21-13-16-29(6)22-11-12-24-27(3,4)25(33)14-15-28(24,5)26(22)23(32)17-30(21,29)7/h9,20-21,24-25,31,33H,8,10-18H2,1-7H3/b19-9+/t20-,21?,24?,25+,28+,29-,30+/m1/s1. The van der Waals surface area contributed by atoms with Crippen molar-refractivity contribution < 1.29 is 15.0 Å². The summed E-state index contributed by atoms with van der Waals surface area (Å²) in [5, 5.41) is 20.1. The van der Waals surface area contributed by atoms with Crippen molar-refractivity contribution in [2.24, 2.45) is 39.4 Å². The lowest BCUT2D eigenvalue weighted by Gasteiger charge is -2.61. The number of carbonyl (C=O) groups is 1. The Morgan fingerprint density at radius 3 is 2.48 bits per heavy atom. The Balaban J connectivity index is 1.67. The van der Waals surface area contributed by atoms with Crippen LogP contribution in [0.5, 0.6) is 0 Å². The van der Waals surface area contributed by atoms with E-state index in [1.54, 1.807) is 0 Å². The molecule has 0 amide bonds. The fourth-order valence-electron chi connectivity index (χ4n) is 9.29. The molecule has 4 rings (SSSR count). The number of carbonyl (C=O) groups excluding carboxylic acids is 1. The molecule has 186 valence electrons. The van der Waals surface area contributed by atoms with E-state index in [9.17, 15) is 15.0 Å². The highest BCUT2D eigenvalue weighted by molar-refractivity contribution is 5.99. The Morgan fingerprint density at radius 1 is 1.12 bits per heavy atom. The highest BCUT2D eigenvalue weighted by Gasteiger charge is 2.65. The molecule has 0 saturated heterocycles. The fraction of sp³-hybridized carbons (Fsp3) is 0.833. The van der Waals surface area contributed by atoms with Gasteiger partial charge < -0.3 is 10.2 Å². The number of aliphatic hydroxyl groups is 2. The van der Waals surface area contributed by atoms with Crippen molar-refractivity contribution in [3.63, 3.8) is 0 Å². The molecule has 2 unspecified atom stereocenters.